The van der Waals surface area contributed by atoms with E-state index in [0.717, 1.165) is 15.4 Å². The number of rotatable bonds is 10. The molecule has 10 heteroatoms. The van der Waals surface area contributed by atoms with E-state index in [9.17, 15) is 18.0 Å². The molecule has 3 aromatic carbocycles. The zero-order valence-electron chi connectivity index (χ0n) is 24.2. The molecule has 1 N–H and O–H groups in total. The predicted octanol–water partition coefficient (Wildman–Crippen LogP) is 6.53. The number of benzene rings is 3. The summed E-state index contributed by atoms with van der Waals surface area (Å²) in [7, 11) is -4.13. The maximum Gasteiger partial charge on any atom is 0.264 e. The summed E-state index contributed by atoms with van der Waals surface area (Å²) in [4.78, 5) is 29.1. The molecule has 0 aliphatic rings. The summed E-state index contributed by atoms with van der Waals surface area (Å²) in [5, 5.41) is 3.63. The van der Waals surface area contributed by atoms with Crippen molar-refractivity contribution >= 4 is 50.7 Å². The summed E-state index contributed by atoms with van der Waals surface area (Å²) in [6.07, 6.45) is 0.310. The molecule has 1 atom stereocenters. The average Bonchev–Trinajstić information content (AvgIpc) is 2.90. The van der Waals surface area contributed by atoms with E-state index in [1.165, 1.54) is 17.0 Å². The van der Waals surface area contributed by atoms with E-state index >= 15 is 0 Å². The van der Waals surface area contributed by atoms with Crippen molar-refractivity contribution in [2.24, 2.45) is 0 Å². The highest BCUT2D eigenvalue weighted by Crippen LogP contribution is 2.28. The first kappa shape index (κ1) is 32.4. The van der Waals surface area contributed by atoms with Gasteiger partial charge in [-0.2, -0.15) is 0 Å². The number of nitrogens with zero attached hydrogens (tertiary/aromatic N) is 2. The first-order chi connectivity index (χ1) is 19.1. The minimum atomic E-state index is -4.13. The molecule has 220 valence electrons. The second-order valence-corrected chi connectivity index (χ2v) is 13.7. The normalized spacial score (nSPS) is 12.5. The molecular formula is C31H37Cl2N3O4S. The lowest BCUT2D eigenvalue weighted by Gasteiger charge is -2.35. The van der Waals surface area contributed by atoms with Crippen molar-refractivity contribution in [1.82, 2.24) is 10.2 Å². The third kappa shape index (κ3) is 8.24. The van der Waals surface area contributed by atoms with Crippen LogP contribution >= 0.6 is 23.2 Å². The second kappa shape index (κ2) is 13.3. The highest BCUT2D eigenvalue weighted by atomic mass is 35.5. The van der Waals surface area contributed by atoms with Crippen LogP contribution in [-0.4, -0.2) is 43.3 Å². The molecule has 0 fully saturated rings. The fraction of sp³-hybridized carbons (Fsp3) is 0.355. The minimum absolute atomic E-state index is 0.0257. The topological polar surface area (TPSA) is 86.8 Å². The van der Waals surface area contributed by atoms with E-state index in [0.29, 0.717) is 27.7 Å². The summed E-state index contributed by atoms with van der Waals surface area (Å²) in [6, 6.07) is 17.4. The summed E-state index contributed by atoms with van der Waals surface area (Å²) in [5.41, 5.74) is 2.34. The molecule has 0 spiro atoms. The van der Waals surface area contributed by atoms with Crippen LogP contribution in [0.4, 0.5) is 5.69 Å². The lowest BCUT2D eigenvalue weighted by Crippen LogP contribution is -2.55. The van der Waals surface area contributed by atoms with Crippen molar-refractivity contribution in [3.63, 3.8) is 0 Å². The number of amides is 2. The Kier molecular flexibility index (Phi) is 10.5. The minimum Gasteiger partial charge on any atom is -0.350 e. The van der Waals surface area contributed by atoms with Gasteiger partial charge in [-0.3, -0.25) is 13.9 Å². The zero-order chi connectivity index (χ0) is 30.5. The summed E-state index contributed by atoms with van der Waals surface area (Å²) < 4.78 is 29.0. The third-order valence-corrected chi connectivity index (χ3v) is 9.14. The van der Waals surface area contributed by atoms with E-state index in [-0.39, 0.29) is 17.3 Å². The van der Waals surface area contributed by atoms with Crippen molar-refractivity contribution < 1.29 is 18.0 Å². The number of carbonyl (C=O) groups is 2. The molecular weight excluding hydrogens is 581 g/mol. The molecule has 1 unspecified atom stereocenters. The van der Waals surface area contributed by atoms with Crippen molar-refractivity contribution in [3.8, 4) is 0 Å². The first-order valence-electron chi connectivity index (χ1n) is 13.3. The Bertz CT molecular complexity index is 1510. The van der Waals surface area contributed by atoms with E-state index in [2.05, 4.69) is 5.32 Å². The van der Waals surface area contributed by atoms with Crippen LogP contribution in [0.3, 0.4) is 0 Å². The molecule has 0 aliphatic heterocycles. The molecule has 3 aromatic rings. The summed E-state index contributed by atoms with van der Waals surface area (Å²) in [6.45, 7) is 10.7. The van der Waals surface area contributed by atoms with Crippen LogP contribution in [0.5, 0.6) is 0 Å². The molecule has 7 nitrogen and oxygen atoms in total. The lowest BCUT2D eigenvalue weighted by molar-refractivity contribution is -0.141. The van der Waals surface area contributed by atoms with Gasteiger partial charge in [0, 0.05) is 12.1 Å². The van der Waals surface area contributed by atoms with Crippen LogP contribution in [0.1, 0.15) is 50.8 Å². The number of halogens is 2. The fourth-order valence-electron chi connectivity index (χ4n) is 4.34. The van der Waals surface area contributed by atoms with Gasteiger partial charge in [0.1, 0.15) is 12.6 Å². The average molecular weight is 619 g/mol. The van der Waals surface area contributed by atoms with Gasteiger partial charge in [0.2, 0.25) is 11.8 Å². The van der Waals surface area contributed by atoms with Crippen LogP contribution in [0.15, 0.2) is 71.6 Å². The number of anilines is 1. The van der Waals surface area contributed by atoms with Gasteiger partial charge in [-0.15, -0.1) is 0 Å². The Hall–Kier alpha value is -3.07. The summed E-state index contributed by atoms with van der Waals surface area (Å²) in [5.74, 6) is -0.873. The smallest absolute Gasteiger partial charge is 0.264 e. The second-order valence-electron chi connectivity index (χ2n) is 11.0. The van der Waals surface area contributed by atoms with E-state index in [1.807, 2.05) is 47.6 Å². The van der Waals surface area contributed by atoms with Crippen molar-refractivity contribution in [2.75, 3.05) is 10.8 Å². The molecule has 41 heavy (non-hydrogen) atoms. The van der Waals surface area contributed by atoms with Crippen molar-refractivity contribution in [3.05, 3.63) is 93.5 Å². The maximum absolute atomic E-state index is 14.2. The van der Waals surface area contributed by atoms with E-state index in [4.69, 9.17) is 23.2 Å². The maximum atomic E-state index is 14.2. The SMILES string of the molecule is CCC(C(=O)NC(C)(C)C)N(Cc1ccc(Cl)c(Cl)c1)C(=O)CN(c1ccc(C)c(C)c1)S(=O)(=O)c1ccccc1. The summed E-state index contributed by atoms with van der Waals surface area (Å²) >= 11 is 12.4. The highest BCUT2D eigenvalue weighted by Gasteiger charge is 2.34. The lowest BCUT2D eigenvalue weighted by atomic mass is 10.1. The molecule has 3 rings (SSSR count). The molecule has 0 bridgehead atoms. The Morgan fingerprint density at radius 3 is 2.12 bits per heavy atom. The Morgan fingerprint density at radius 1 is 0.902 bits per heavy atom. The standard InChI is InChI=1S/C31H37Cl2N3O4S/c1-7-28(30(38)34-31(4,5)6)35(19-23-14-16-26(32)27(33)18-23)29(37)20-36(24-15-13-21(2)22(3)17-24)41(39,40)25-11-9-8-10-12-25/h8-18,28H,7,19-20H2,1-6H3,(H,34,38). The van der Waals surface area contributed by atoms with Gasteiger partial charge in [-0.05, 0) is 94.1 Å². The highest BCUT2D eigenvalue weighted by molar-refractivity contribution is 7.92. The Morgan fingerprint density at radius 2 is 1.56 bits per heavy atom. The van der Waals surface area contributed by atoms with Crippen molar-refractivity contribution in [1.29, 1.82) is 0 Å². The third-order valence-electron chi connectivity index (χ3n) is 6.61. The molecule has 0 aromatic heterocycles. The number of hydrogen-bond donors (Lipinski definition) is 1. The molecule has 0 radical (unpaired) electrons. The van der Waals surface area contributed by atoms with Gasteiger partial charge in [-0.1, -0.05) is 60.5 Å². The van der Waals surface area contributed by atoms with E-state index < -0.39 is 34.1 Å². The molecule has 0 saturated heterocycles. The van der Waals surface area contributed by atoms with Crippen LogP contribution in [0.2, 0.25) is 10.0 Å². The van der Waals surface area contributed by atoms with E-state index in [1.54, 1.807) is 48.5 Å². The van der Waals surface area contributed by atoms with Crippen LogP contribution < -0.4 is 9.62 Å². The van der Waals surface area contributed by atoms with Gasteiger partial charge in [0.05, 0.1) is 20.6 Å². The zero-order valence-corrected chi connectivity index (χ0v) is 26.6. The Balaban J connectivity index is 2.10. The van der Waals surface area contributed by atoms with Crippen LogP contribution in [-0.2, 0) is 26.2 Å². The number of sulfonamides is 1. The largest absolute Gasteiger partial charge is 0.350 e. The molecule has 0 heterocycles. The molecule has 0 saturated carbocycles. The van der Waals surface area contributed by atoms with Gasteiger partial charge in [0.25, 0.3) is 10.0 Å². The van der Waals surface area contributed by atoms with Crippen molar-refractivity contribution in [2.45, 2.75) is 71.0 Å². The molecule has 2 amide bonds. The number of nitrogens with one attached hydrogen (secondary N) is 1. The van der Waals surface area contributed by atoms with Crippen LogP contribution in [0, 0.1) is 13.8 Å². The quantitative estimate of drug-likeness (QED) is 0.280. The predicted molar refractivity (Wildman–Crippen MR) is 166 cm³/mol. The van der Waals surface area contributed by atoms with Gasteiger partial charge in [0.15, 0.2) is 0 Å². The monoisotopic (exact) mass is 617 g/mol. The van der Waals surface area contributed by atoms with Gasteiger partial charge >= 0.3 is 0 Å². The number of aryl methyl sites for hydroxylation is 2. The van der Waals surface area contributed by atoms with Gasteiger partial charge in [-0.25, -0.2) is 8.42 Å². The molecule has 0 aliphatic carbocycles. The first-order valence-corrected chi connectivity index (χ1v) is 15.5. The number of carbonyl (C=O) groups excluding carboxylic acids is 2. The van der Waals surface area contributed by atoms with Crippen LogP contribution in [0.25, 0.3) is 0 Å². The van der Waals surface area contributed by atoms with Gasteiger partial charge < -0.3 is 10.2 Å². The fourth-order valence-corrected chi connectivity index (χ4v) is 6.08. The Labute approximate surface area is 253 Å². The number of hydrogen-bond acceptors (Lipinski definition) is 4.